The first-order chi connectivity index (χ1) is 10.3. The summed E-state index contributed by atoms with van der Waals surface area (Å²) in [6.07, 6.45) is -3.18. The Labute approximate surface area is 143 Å². The number of nitrogens with zero attached hydrogens (tertiary/aromatic N) is 1. The lowest BCUT2D eigenvalue weighted by molar-refractivity contribution is -0.0177. The van der Waals surface area contributed by atoms with Gasteiger partial charge < -0.3 is 35.4 Å². The van der Waals surface area contributed by atoms with Gasteiger partial charge in [0.15, 0.2) is 5.76 Å². The average Bonchev–Trinajstić information content (AvgIpc) is 2.48. The monoisotopic (exact) mass is 435 g/mol. The van der Waals surface area contributed by atoms with Crippen molar-refractivity contribution in [1.82, 2.24) is 4.90 Å². The highest BCUT2D eigenvalue weighted by Crippen LogP contribution is 2.09. The van der Waals surface area contributed by atoms with Crippen LogP contribution in [0.5, 0.6) is 0 Å². The Bertz CT molecular complexity index is 330. The van der Waals surface area contributed by atoms with Gasteiger partial charge in [-0.3, -0.25) is 4.90 Å². The van der Waals surface area contributed by atoms with E-state index in [0.29, 0.717) is 6.61 Å². The number of rotatable bonds is 12. The van der Waals surface area contributed by atoms with Crippen molar-refractivity contribution in [2.24, 2.45) is 0 Å². The summed E-state index contributed by atoms with van der Waals surface area (Å²) < 4.78 is 6.25. The van der Waals surface area contributed by atoms with Crippen LogP contribution in [0, 0.1) is 0 Å². The number of likely N-dealkylation sites (N-methyl/N-ethyl adjacent to an activating group) is 1. The Morgan fingerprint density at radius 2 is 1.86 bits per heavy atom. The molecule has 0 fully saturated rings. The van der Waals surface area contributed by atoms with Gasteiger partial charge in [0.05, 0.1) is 25.9 Å². The molecule has 0 aliphatic carbocycles. The fourth-order valence-corrected chi connectivity index (χ4v) is 1.95. The van der Waals surface area contributed by atoms with Gasteiger partial charge in [-0.25, -0.2) is 0 Å². The molecule has 132 valence electrons. The van der Waals surface area contributed by atoms with Gasteiger partial charge >= 0.3 is 0 Å². The molecular formula is C13H26INO7. The molecule has 0 aromatic carbocycles. The number of alkyl halides is 1. The van der Waals surface area contributed by atoms with Crippen LogP contribution in [0.4, 0.5) is 0 Å². The molecule has 0 amide bonds. The van der Waals surface area contributed by atoms with Gasteiger partial charge in [-0.05, 0) is 13.5 Å². The molecule has 0 heterocycles. The number of hydrogen-bond acceptors (Lipinski definition) is 8. The fraction of sp³-hybridized carbons (Fsp3) is 0.846. The van der Waals surface area contributed by atoms with Crippen LogP contribution >= 0.6 is 22.6 Å². The van der Waals surface area contributed by atoms with Gasteiger partial charge in [0.1, 0.15) is 18.0 Å². The van der Waals surface area contributed by atoms with Gasteiger partial charge in [0.25, 0.3) is 0 Å². The minimum absolute atomic E-state index is 0.133. The van der Waals surface area contributed by atoms with Crippen molar-refractivity contribution < 1.29 is 35.4 Å². The molecule has 9 heteroatoms. The second-order valence-corrected chi connectivity index (χ2v) is 6.07. The number of ether oxygens (including phenoxy) is 1. The van der Waals surface area contributed by atoms with Crippen LogP contribution in [0.25, 0.3) is 0 Å². The Kier molecular flexibility index (Phi) is 12.2. The van der Waals surface area contributed by atoms with Crippen molar-refractivity contribution in [3.8, 4) is 0 Å². The van der Waals surface area contributed by atoms with Gasteiger partial charge in [0, 0.05) is 17.6 Å². The quantitative estimate of drug-likeness (QED) is 0.101. The van der Waals surface area contributed by atoms with E-state index in [0.717, 1.165) is 10.8 Å². The highest BCUT2D eigenvalue weighted by molar-refractivity contribution is 14.1. The summed E-state index contributed by atoms with van der Waals surface area (Å²) in [5, 5.41) is 56.3. The first-order valence-electron chi connectivity index (χ1n) is 6.91. The van der Waals surface area contributed by atoms with Gasteiger partial charge in [-0.15, -0.1) is 0 Å². The standard InChI is InChI=1S/C13H26INO7/c1-15(5-9(17)8-22-4-2-3-14)6-10(18)12(20)13(21)11(19)7-16/h9,11,13,16-21H,2-8H2,1H3/b12-10+. The number of aliphatic hydroxyl groups is 6. The summed E-state index contributed by atoms with van der Waals surface area (Å²) >= 11 is 2.23. The molecule has 0 aromatic heterocycles. The summed E-state index contributed by atoms with van der Waals surface area (Å²) in [6, 6.07) is 0. The molecule has 0 saturated heterocycles. The Hall–Kier alpha value is -0.170. The summed E-state index contributed by atoms with van der Waals surface area (Å²) in [7, 11) is 1.60. The molecule has 3 atom stereocenters. The van der Waals surface area contributed by atoms with Gasteiger partial charge in [0.2, 0.25) is 0 Å². The molecule has 0 aliphatic rings. The molecule has 6 N–H and O–H groups in total. The Morgan fingerprint density at radius 3 is 2.41 bits per heavy atom. The second-order valence-electron chi connectivity index (χ2n) is 4.99. The molecular weight excluding hydrogens is 409 g/mol. The number of hydrogen-bond donors (Lipinski definition) is 6. The second kappa shape index (κ2) is 12.3. The predicted molar refractivity (Wildman–Crippen MR) is 89.2 cm³/mol. The van der Waals surface area contributed by atoms with Crippen molar-refractivity contribution in [1.29, 1.82) is 0 Å². The van der Waals surface area contributed by atoms with Crippen LogP contribution in [0.2, 0.25) is 0 Å². The van der Waals surface area contributed by atoms with Crippen molar-refractivity contribution >= 4 is 22.6 Å². The molecule has 0 aliphatic heterocycles. The minimum Gasteiger partial charge on any atom is -0.507 e. The van der Waals surface area contributed by atoms with Crippen LogP contribution in [0.1, 0.15) is 6.42 Å². The smallest absolute Gasteiger partial charge is 0.162 e. The zero-order chi connectivity index (χ0) is 17.1. The normalized spacial score (nSPS) is 17.2. The molecule has 0 aromatic rings. The van der Waals surface area contributed by atoms with E-state index in [1.165, 1.54) is 4.90 Å². The number of halogens is 1. The SMILES string of the molecule is CN(C/C(O)=C(\O)C(O)C(O)CO)CC(O)COCCCI. The van der Waals surface area contributed by atoms with E-state index in [-0.39, 0.29) is 19.7 Å². The maximum Gasteiger partial charge on any atom is 0.162 e. The van der Waals surface area contributed by atoms with Gasteiger partial charge in [-0.2, -0.15) is 0 Å². The van der Waals surface area contributed by atoms with Crippen LogP contribution < -0.4 is 0 Å². The van der Waals surface area contributed by atoms with E-state index >= 15 is 0 Å². The van der Waals surface area contributed by atoms with E-state index in [9.17, 15) is 25.5 Å². The van der Waals surface area contributed by atoms with Crippen LogP contribution in [0.15, 0.2) is 11.5 Å². The molecule has 0 saturated carbocycles. The molecule has 3 unspecified atom stereocenters. The van der Waals surface area contributed by atoms with Crippen LogP contribution in [-0.2, 0) is 4.74 Å². The zero-order valence-corrected chi connectivity index (χ0v) is 14.8. The zero-order valence-electron chi connectivity index (χ0n) is 12.6. The van der Waals surface area contributed by atoms with E-state index in [1.54, 1.807) is 7.05 Å². The molecule has 22 heavy (non-hydrogen) atoms. The first kappa shape index (κ1) is 21.8. The van der Waals surface area contributed by atoms with Crippen LogP contribution in [-0.4, -0.2) is 98.2 Å². The number of aliphatic hydroxyl groups excluding tert-OH is 6. The third-order valence-corrected chi connectivity index (χ3v) is 3.56. The molecule has 0 spiro atoms. The maximum absolute atomic E-state index is 9.75. The third kappa shape index (κ3) is 9.08. The van der Waals surface area contributed by atoms with Crippen molar-refractivity contribution in [3.63, 3.8) is 0 Å². The lowest BCUT2D eigenvalue weighted by Gasteiger charge is -2.22. The van der Waals surface area contributed by atoms with E-state index in [2.05, 4.69) is 22.6 Å². The van der Waals surface area contributed by atoms with E-state index < -0.39 is 36.4 Å². The molecule has 0 rings (SSSR count). The molecule has 8 nitrogen and oxygen atoms in total. The predicted octanol–water partition coefficient (Wildman–Crippen LogP) is -0.837. The van der Waals surface area contributed by atoms with E-state index in [1.807, 2.05) is 0 Å². The Morgan fingerprint density at radius 1 is 1.23 bits per heavy atom. The minimum atomic E-state index is -1.76. The first-order valence-corrected chi connectivity index (χ1v) is 8.44. The lowest BCUT2D eigenvalue weighted by Crippen LogP contribution is -2.36. The molecule has 0 radical (unpaired) electrons. The lowest BCUT2D eigenvalue weighted by atomic mass is 10.1. The van der Waals surface area contributed by atoms with Crippen molar-refractivity contribution in [2.75, 3.05) is 44.4 Å². The van der Waals surface area contributed by atoms with Crippen molar-refractivity contribution in [3.05, 3.63) is 11.5 Å². The summed E-state index contributed by atoms with van der Waals surface area (Å²) in [6.45, 7) is 0.0535. The topological polar surface area (TPSA) is 134 Å². The van der Waals surface area contributed by atoms with Crippen LogP contribution in [0.3, 0.4) is 0 Å². The Balaban J connectivity index is 4.25. The summed E-state index contributed by atoms with van der Waals surface area (Å²) in [5.41, 5.74) is 0. The van der Waals surface area contributed by atoms with E-state index in [4.69, 9.17) is 9.84 Å². The highest BCUT2D eigenvalue weighted by atomic mass is 127. The highest BCUT2D eigenvalue weighted by Gasteiger charge is 2.23. The maximum atomic E-state index is 9.75. The van der Waals surface area contributed by atoms with Gasteiger partial charge in [-0.1, -0.05) is 22.6 Å². The fourth-order valence-electron chi connectivity index (χ4n) is 1.64. The average molecular weight is 435 g/mol. The summed E-state index contributed by atoms with van der Waals surface area (Å²) in [4.78, 5) is 1.52. The van der Waals surface area contributed by atoms with Crippen molar-refractivity contribution in [2.45, 2.75) is 24.7 Å². The molecule has 0 bridgehead atoms. The third-order valence-electron chi connectivity index (χ3n) is 2.80. The largest absolute Gasteiger partial charge is 0.507 e. The summed E-state index contributed by atoms with van der Waals surface area (Å²) in [5.74, 6) is -1.35.